The topological polar surface area (TPSA) is 44.5 Å². The van der Waals surface area contributed by atoms with Crippen molar-refractivity contribution in [3.05, 3.63) is 53.1 Å². The Bertz CT molecular complexity index is 668. The van der Waals surface area contributed by atoms with Crippen molar-refractivity contribution in [2.24, 2.45) is 5.73 Å². The van der Waals surface area contributed by atoms with E-state index in [0.717, 1.165) is 23.5 Å². The molecule has 0 amide bonds. The monoisotopic (exact) mass is 295 g/mol. The fourth-order valence-electron chi connectivity index (χ4n) is 3.05. The summed E-state index contributed by atoms with van der Waals surface area (Å²) in [6.45, 7) is 7.09. The van der Waals surface area contributed by atoms with Crippen LogP contribution in [-0.2, 0) is 17.7 Å². The van der Waals surface area contributed by atoms with Crippen LogP contribution in [-0.4, -0.2) is 6.92 Å². The van der Waals surface area contributed by atoms with E-state index < -0.39 is 0 Å². The second-order valence-electron chi connectivity index (χ2n) is 5.88. The first kappa shape index (κ1) is 15.1. The molecule has 0 saturated heterocycles. The van der Waals surface area contributed by atoms with Crippen LogP contribution in [0.5, 0.6) is 11.5 Å². The Hall–Kier alpha value is -1.78. The van der Waals surface area contributed by atoms with Crippen LogP contribution in [0.3, 0.4) is 0 Å². The van der Waals surface area contributed by atoms with E-state index in [1.807, 2.05) is 31.2 Å². The van der Waals surface area contributed by atoms with E-state index in [-0.39, 0.29) is 13.0 Å². The smallest absolute Gasteiger partial charge is 0.324 e. The average Bonchev–Trinajstić information content (AvgIpc) is 2.89. The largest absolute Gasteiger partial charge is 0.457 e. The van der Waals surface area contributed by atoms with Gasteiger partial charge in [-0.05, 0) is 53.7 Å². The van der Waals surface area contributed by atoms with Crippen molar-refractivity contribution >= 4 is 12.4 Å². The highest BCUT2D eigenvalue weighted by atomic mass is 16.5. The average molecular weight is 295 g/mol. The van der Waals surface area contributed by atoms with Gasteiger partial charge in [0.05, 0.1) is 6.61 Å². The van der Waals surface area contributed by atoms with E-state index in [0.29, 0.717) is 6.61 Å². The van der Waals surface area contributed by atoms with Gasteiger partial charge in [0.15, 0.2) is 0 Å². The summed E-state index contributed by atoms with van der Waals surface area (Å²) in [6, 6.07) is 12.2. The van der Waals surface area contributed by atoms with Crippen molar-refractivity contribution in [3.8, 4) is 11.5 Å². The van der Waals surface area contributed by atoms with Crippen LogP contribution in [0.4, 0.5) is 0 Å². The molecule has 0 radical (unpaired) electrons. The van der Waals surface area contributed by atoms with Gasteiger partial charge in [-0.1, -0.05) is 31.9 Å². The lowest BCUT2D eigenvalue weighted by Crippen LogP contribution is -2.28. The van der Waals surface area contributed by atoms with Gasteiger partial charge in [0, 0.05) is 6.04 Å². The Kier molecular flexibility index (Phi) is 4.23. The lowest BCUT2D eigenvalue weighted by molar-refractivity contribution is 0.333. The highest BCUT2D eigenvalue weighted by molar-refractivity contribution is 6.68. The third-order valence-corrected chi connectivity index (χ3v) is 4.29. The number of benzene rings is 2. The van der Waals surface area contributed by atoms with Crippen molar-refractivity contribution in [3.63, 3.8) is 0 Å². The lowest BCUT2D eigenvalue weighted by Gasteiger charge is -2.15. The van der Waals surface area contributed by atoms with Gasteiger partial charge >= 0.3 is 6.92 Å². The van der Waals surface area contributed by atoms with Crippen molar-refractivity contribution in [1.82, 2.24) is 0 Å². The molecule has 3 rings (SSSR count). The van der Waals surface area contributed by atoms with Gasteiger partial charge < -0.3 is 15.1 Å². The first-order chi connectivity index (χ1) is 10.6. The number of rotatable bonds is 4. The summed E-state index contributed by atoms with van der Waals surface area (Å²) < 4.78 is 11.9. The molecule has 0 aromatic heterocycles. The van der Waals surface area contributed by atoms with Crippen molar-refractivity contribution in [2.75, 3.05) is 0 Å². The number of hydrogen-bond acceptors (Lipinski definition) is 3. The standard InChI is InChI=1S/C18H22BNO2/c1-4-16-17(10-7-14-11-21-19(3)18(14)16)22-15-8-5-13(6-9-15)12(2)20/h5-10,12H,4,11,20H2,1-3H3/t12-/m1/s1. The lowest BCUT2D eigenvalue weighted by atomic mass is 9.62. The Morgan fingerprint density at radius 3 is 2.59 bits per heavy atom. The molecule has 2 aromatic carbocycles. The van der Waals surface area contributed by atoms with Gasteiger partial charge in [0.1, 0.15) is 11.5 Å². The van der Waals surface area contributed by atoms with Crippen LogP contribution >= 0.6 is 0 Å². The summed E-state index contributed by atoms with van der Waals surface area (Å²) in [4.78, 5) is 0. The second-order valence-corrected chi connectivity index (χ2v) is 5.88. The maximum absolute atomic E-state index is 6.11. The molecule has 1 atom stereocenters. The molecular weight excluding hydrogens is 273 g/mol. The Balaban J connectivity index is 1.91. The number of ether oxygens (including phenoxy) is 1. The second kappa shape index (κ2) is 6.15. The highest BCUT2D eigenvalue weighted by Crippen LogP contribution is 2.29. The predicted octanol–water partition coefficient (Wildman–Crippen LogP) is 3.42. The third kappa shape index (κ3) is 2.76. The molecule has 0 bridgehead atoms. The molecule has 2 N–H and O–H groups in total. The quantitative estimate of drug-likeness (QED) is 0.879. The van der Waals surface area contributed by atoms with E-state index in [9.17, 15) is 0 Å². The van der Waals surface area contributed by atoms with Gasteiger partial charge in [-0.15, -0.1) is 0 Å². The molecule has 2 aromatic rings. The fraction of sp³-hybridized carbons (Fsp3) is 0.333. The number of nitrogens with two attached hydrogens (primary N) is 1. The Morgan fingerprint density at radius 1 is 1.23 bits per heavy atom. The minimum atomic E-state index is 0.0400. The first-order valence-electron chi connectivity index (χ1n) is 7.89. The van der Waals surface area contributed by atoms with Crippen molar-refractivity contribution < 1.29 is 9.39 Å². The predicted molar refractivity (Wildman–Crippen MR) is 91.0 cm³/mol. The van der Waals surface area contributed by atoms with Crippen LogP contribution in [0.1, 0.15) is 36.6 Å². The molecule has 3 nitrogen and oxygen atoms in total. The maximum Gasteiger partial charge on any atom is 0.324 e. The van der Waals surface area contributed by atoms with Crippen molar-refractivity contribution in [1.29, 1.82) is 0 Å². The van der Waals surface area contributed by atoms with Crippen LogP contribution in [0, 0.1) is 0 Å². The zero-order chi connectivity index (χ0) is 15.7. The van der Waals surface area contributed by atoms with Gasteiger partial charge in [-0.25, -0.2) is 0 Å². The van der Waals surface area contributed by atoms with Gasteiger partial charge in [0.25, 0.3) is 0 Å². The zero-order valence-corrected chi connectivity index (χ0v) is 13.4. The van der Waals surface area contributed by atoms with E-state index >= 15 is 0 Å². The summed E-state index contributed by atoms with van der Waals surface area (Å²) >= 11 is 0. The van der Waals surface area contributed by atoms with E-state index in [1.165, 1.54) is 16.6 Å². The fourth-order valence-corrected chi connectivity index (χ4v) is 3.05. The highest BCUT2D eigenvalue weighted by Gasteiger charge is 2.27. The SMILES string of the molecule is CCc1c(Oc2ccc([C@@H](C)N)cc2)ccc2c1B(C)OC2. The molecule has 1 heterocycles. The minimum absolute atomic E-state index is 0.0400. The molecule has 1 aliphatic heterocycles. The number of fused-ring (bicyclic) bond motifs is 1. The summed E-state index contributed by atoms with van der Waals surface area (Å²) in [6.07, 6.45) is 0.935. The summed E-state index contributed by atoms with van der Waals surface area (Å²) in [5, 5.41) is 0. The van der Waals surface area contributed by atoms with Crippen LogP contribution in [0.15, 0.2) is 36.4 Å². The molecular formula is C18H22BNO2. The first-order valence-corrected chi connectivity index (χ1v) is 7.89. The third-order valence-electron chi connectivity index (χ3n) is 4.29. The summed E-state index contributed by atoms with van der Waals surface area (Å²) in [5.74, 6) is 1.76. The molecule has 1 aliphatic rings. The van der Waals surface area contributed by atoms with Crippen LogP contribution in [0.25, 0.3) is 0 Å². The molecule has 4 heteroatoms. The maximum atomic E-state index is 6.11. The summed E-state index contributed by atoms with van der Waals surface area (Å²) in [5.41, 5.74) is 10.8. The Labute approximate surface area is 132 Å². The molecule has 0 saturated carbocycles. The van der Waals surface area contributed by atoms with E-state index in [4.69, 9.17) is 15.1 Å². The molecule has 114 valence electrons. The van der Waals surface area contributed by atoms with E-state index in [1.54, 1.807) is 0 Å². The molecule has 0 unspecified atom stereocenters. The van der Waals surface area contributed by atoms with Gasteiger partial charge in [-0.3, -0.25) is 0 Å². The van der Waals surface area contributed by atoms with Crippen LogP contribution in [0.2, 0.25) is 6.82 Å². The molecule has 0 fully saturated rings. The van der Waals surface area contributed by atoms with Gasteiger partial charge in [0.2, 0.25) is 0 Å². The zero-order valence-electron chi connectivity index (χ0n) is 13.4. The molecule has 0 aliphatic carbocycles. The minimum Gasteiger partial charge on any atom is -0.457 e. The van der Waals surface area contributed by atoms with Gasteiger partial charge in [-0.2, -0.15) is 0 Å². The Morgan fingerprint density at radius 2 is 1.95 bits per heavy atom. The molecule has 22 heavy (non-hydrogen) atoms. The molecule has 0 spiro atoms. The number of hydrogen-bond donors (Lipinski definition) is 1. The van der Waals surface area contributed by atoms with Crippen LogP contribution < -0.4 is 15.9 Å². The summed E-state index contributed by atoms with van der Waals surface area (Å²) in [7, 11) is 0. The van der Waals surface area contributed by atoms with E-state index in [2.05, 4.69) is 25.9 Å². The van der Waals surface area contributed by atoms with Crippen molar-refractivity contribution in [2.45, 2.75) is 39.7 Å². The normalized spacial score (nSPS) is 14.8.